The number of carboxylic acids is 1. The van der Waals surface area contributed by atoms with Crippen LogP contribution in [0.1, 0.15) is 17.4 Å². The minimum atomic E-state index is -1.05. The summed E-state index contributed by atoms with van der Waals surface area (Å²) in [5.74, 6) is -0.504. The van der Waals surface area contributed by atoms with E-state index in [1.54, 1.807) is 6.07 Å². The lowest BCUT2D eigenvalue weighted by Crippen LogP contribution is -2.07. The van der Waals surface area contributed by atoms with Gasteiger partial charge in [0.15, 0.2) is 0 Å². The summed E-state index contributed by atoms with van der Waals surface area (Å²) in [5.41, 5.74) is 0.00663. The standard InChI is InChI=1S/C10H13NO4/c1-2-14-5-6-15-8-3-4-9(10(12)13)11-7-8/h3-4,7H,2,5-6H2,1H3,(H,12,13). The summed E-state index contributed by atoms with van der Waals surface area (Å²) < 4.78 is 10.3. The Hall–Kier alpha value is -1.62. The number of aromatic nitrogens is 1. The number of hydrogen-bond acceptors (Lipinski definition) is 4. The zero-order valence-corrected chi connectivity index (χ0v) is 8.47. The lowest BCUT2D eigenvalue weighted by molar-refractivity contribution is 0.0690. The fourth-order valence-electron chi connectivity index (χ4n) is 0.955. The number of carbonyl (C=O) groups is 1. The first-order chi connectivity index (χ1) is 7.24. The first kappa shape index (κ1) is 11.5. The molecule has 15 heavy (non-hydrogen) atoms. The fourth-order valence-corrected chi connectivity index (χ4v) is 0.955. The SMILES string of the molecule is CCOCCOc1ccc(C(=O)O)nc1. The van der Waals surface area contributed by atoms with Crippen LogP contribution in [0.4, 0.5) is 0 Å². The third-order valence-electron chi connectivity index (χ3n) is 1.66. The summed E-state index contributed by atoms with van der Waals surface area (Å²) in [5, 5.41) is 8.60. The lowest BCUT2D eigenvalue weighted by atomic mass is 10.3. The fraction of sp³-hybridized carbons (Fsp3) is 0.400. The molecule has 0 aliphatic carbocycles. The van der Waals surface area contributed by atoms with Crippen molar-refractivity contribution < 1.29 is 19.4 Å². The minimum absolute atomic E-state index is 0.00663. The second kappa shape index (κ2) is 5.98. The van der Waals surface area contributed by atoms with Gasteiger partial charge in [-0.05, 0) is 19.1 Å². The van der Waals surface area contributed by atoms with Crippen molar-refractivity contribution in [1.29, 1.82) is 0 Å². The number of rotatable bonds is 6. The van der Waals surface area contributed by atoms with Crippen LogP contribution < -0.4 is 4.74 Å². The Labute approximate surface area is 87.7 Å². The van der Waals surface area contributed by atoms with Crippen LogP contribution in [0.5, 0.6) is 5.75 Å². The molecule has 0 spiro atoms. The zero-order chi connectivity index (χ0) is 11.1. The molecule has 0 aliphatic rings. The van der Waals surface area contributed by atoms with Crippen molar-refractivity contribution in [1.82, 2.24) is 4.98 Å². The molecule has 0 radical (unpaired) electrons. The molecule has 0 unspecified atom stereocenters. The molecular formula is C10H13NO4. The lowest BCUT2D eigenvalue weighted by Gasteiger charge is -2.05. The Bertz CT molecular complexity index is 310. The van der Waals surface area contributed by atoms with Gasteiger partial charge in [0.25, 0.3) is 0 Å². The maximum atomic E-state index is 10.5. The van der Waals surface area contributed by atoms with E-state index >= 15 is 0 Å². The predicted octanol–water partition coefficient (Wildman–Crippen LogP) is 1.20. The van der Waals surface area contributed by atoms with Gasteiger partial charge in [-0.15, -0.1) is 0 Å². The molecule has 1 heterocycles. The molecule has 0 aliphatic heterocycles. The normalized spacial score (nSPS) is 9.93. The number of aromatic carboxylic acids is 1. The Morgan fingerprint density at radius 1 is 1.47 bits per heavy atom. The topological polar surface area (TPSA) is 68.7 Å². The van der Waals surface area contributed by atoms with Crippen molar-refractivity contribution in [3.63, 3.8) is 0 Å². The van der Waals surface area contributed by atoms with Gasteiger partial charge >= 0.3 is 5.97 Å². The molecule has 0 bridgehead atoms. The van der Waals surface area contributed by atoms with Crippen LogP contribution in [0.15, 0.2) is 18.3 Å². The molecule has 0 amide bonds. The smallest absolute Gasteiger partial charge is 0.354 e. The molecule has 1 aromatic heterocycles. The van der Waals surface area contributed by atoms with Gasteiger partial charge in [-0.2, -0.15) is 0 Å². The monoisotopic (exact) mass is 211 g/mol. The summed E-state index contributed by atoms with van der Waals surface area (Å²) in [7, 11) is 0. The van der Waals surface area contributed by atoms with Gasteiger partial charge in [0, 0.05) is 6.61 Å². The second-order valence-corrected chi connectivity index (χ2v) is 2.73. The predicted molar refractivity (Wildman–Crippen MR) is 53.2 cm³/mol. The maximum Gasteiger partial charge on any atom is 0.354 e. The highest BCUT2D eigenvalue weighted by Crippen LogP contribution is 2.08. The van der Waals surface area contributed by atoms with Gasteiger partial charge < -0.3 is 14.6 Å². The number of pyridine rings is 1. The molecule has 5 heteroatoms. The van der Waals surface area contributed by atoms with Crippen molar-refractivity contribution >= 4 is 5.97 Å². The van der Waals surface area contributed by atoms with Crippen molar-refractivity contribution in [2.75, 3.05) is 19.8 Å². The number of ether oxygens (including phenoxy) is 2. The van der Waals surface area contributed by atoms with Crippen LogP contribution in [0.25, 0.3) is 0 Å². The zero-order valence-electron chi connectivity index (χ0n) is 8.47. The molecule has 1 rings (SSSR count). The molecule has 1 aromatic rings. The molecule has 1 N–H and O–H groups in total. The van der Waals surface area contributed by atoms with Gasteiger partial charge in [-0.3, -0.25) is 0 Å². The van der Waals surface area contributed by atoms with Crippen LogP contribution >= 0.6 is 0 Å². The van der Waals surface area contributed by atoms with Crippen LogP contribution in [0, 0.1) is 0 Å². The van der Waals surface area contributed by atoms with E-state index in [0.29, 0.717) is 25.6 Å². The summed E-state index contributed by atoms with van der Waals surface area (Å²) >= 11 is 0. The third kappa shape index (κ3) is 3.95. The van der Waals surface area contributed by atoms with Gasteiger partial charge in [-0.1, -0.05) is 0 Å². The van der Waals surface area contributed by atoms with Crippen molar-refractivity contribution in [2.45, 2.75) is 6.92 Å². The number of nitrogens with zero attached hydrogens (tertiary/aromatic N) is 1. The number of carboxylic acid groups (broad SMARTS) is 1. The first-order valence-electron chi connectivity index (χ1n) is 4.64. The Morgan fingerprint density at radius 3 is 2.80 bits per heavy atom. The van der Waals surface area contributed by atoms with Gasteiger partial charge in [0.2, 0.25) is 0 Å². The highest BCUT2D eigenvalue weighted by molar-refractivity contribution is 5.85. The van der Waals surface area contributed by atoms with E-state index in [0.717, 1.165) is 0 Å². The third-order valence-corrected chi connectivity index (χ3v) is 1.66. The first-order valence-corrected chi connectivity index (χ1v) is 4.64. The highest BCUT2D eigenvalue weighted by atomic mass is 16.5. The molecule has 5 nitrogen and oxygen atoms in total. The number of hydrogen-bond donors (Lipinski definition) is 1. The summed E-state index contributed by atoms with van der Waals surface area (Å²) in [6, 6.07) is 2.97. The van der Waals surface area contributed by atoms with E-state index in [-0.39, 0.29) is 5.69 Å². The molecule has 0 atom stereocenters. The molecule has 0 aromatic carbocycles. The Kier molecular flexibility index (Phi) is 4.56. The molecule has 0 saturated heterocycles. The van der Waals surface area contributed by atoms with E-state index in [1.165, 1.54) is 12.3 Å². The molecule has 0 saturated carbocycles. The molecule has 82 valence electrons. The Morgan fingerprint density at radius 2 is 2.27 bits per heavy atom. The largest absolute Gasteiger partial charge is 0.490 e. The average Bonchev–Trinajstić information content (AvgIpc) is 2.25. The van der Waals surface area contributed by atoms with E-state index in [1.807, 2.05) is 6.92 Å². The molecular weight excluding hydrogens is 198 g/mol. The average molecular weight is 211 g/mol. The van der Waals surface area contributed by atoms with Crippen LogP contribution in [-0.2, 0) is 4.74 Å². The van der Waals surface area contributed by atoms with E-state index < -0.39 is 5.97 Å². The van der Waals surface area contributed by atoms with Gasteiger partial charge in [0.1, 0.15) is 18.1 Å². The second-order valence-electron chi connectivity index (χ2n) is 2.73. The summed E-state index contributed by atoms with van der Waals surface area (Å²) in [6.45, 7) is 3.50. The quantitative estimate of drug-likeness (QED) is 0.716. The summed E-state index contributed by atoms with van der Waals surface area (Å²) in [6.07, 6.45) is 1.38. The van der Waals surface area contributed by atoms with Crippen LogP contribution in [0.3, 0.4) is 0 Å². The van der Waals surface area contributed by atoms with E-state index in [2.05, 4.69) is 4.98 Å². The molecule has 0 fully saturated rings. The van der Waals surface area contributed by atoms with Crippen LogP contribution in [-0.4, -0.2) is 35.9 Å². The van der Waals surface area contributed by atoms with Crippen molar-refractivity contribution in [2.24, 2.45) is 0 Å². The van der Waals surface area contributed by atoms with Crippen molar-refractivity contribution in [3.05, 3.63) is 24.0 Å². The van der Waals surface area contributed by atoms with Gasteiger partial charge in [-0.25, -0.2) is 9.78 Å². The minimum Gasteiger partial charge on any atom is -0.490 e. The van der Waals surface area contributed by atoms with Gasteiger partial charge in [0.05, 0.1) is 12.8 Å². The van der Waals surface area contributed by atoms with E-state index in [9.17, 15) is 4.79 Å². The van der Waals surface area contributed by atoms with E-state index in [4.69, 9.17) is 14.6 Å². The highest BCUT2D eigenvalue weighted by Gasteiger charge is 2.03. The van der Waals surface area contributed by atoms with Crippen molar-refractivity contribution in [3.8, 4) is 5.75 Å². The Balaban J connectivity index is 2.39. The maximum absolute atomic E-state index is 10.5. The van der Waals surface area contributed by atoms with Crippen LogP contribution in [0.2, 0.25) is 0 Å². The summed E-state index contributed by atoms with van der Waals surface area (Å²) in [4.78, 5) is 14.2.